The first-order valence-electron chi connectivity index (χ1n) is 6.48. The molecule has 0 spiro atoms. The largest absolute Gasteiger partial charge is 0.481 e. The molecule has 94 valence electrons. The van der Waals surface area contributed by atoms with Crippen molar-refractivity contribution in [2.45, 2.75) is 58.4 Å². The van der Waals surface area contributed by atoms with Crippen LogP contribution in [0.1, 0.15) is 52.4 Å². The van der Waals surface area contributed by atoms with E-state index in [0.29, 0.717) is 11.8 Å². The monoisotopic (exact) mass is 227 g/mol. The molecule has 3 N–H and O–H groups in total. The second-order valence-corrected chi connectivity index (χ2v) is 5.48. The Morgan fingerprint density at radius 1 is 1.38 bits per heavy atom. The molecule has 3 heteroatoms. The van der Waals surface area contributed by atoms with Gasteiger partial charge in [-0.25, -0.2) is 0 Å². The lowest BCUT2D eigenvalue weighted by molar-refractivity contribution is -0.137. The maximum absolute atomic E-state index is 10.6. The van der Waals surface area contributed by atoms with E-state index in [4.69, 9.17) is 10.8 Å². The molecule has 3 nitrogen and oxygen atoms in total. The van der Waals surface area contributed by atoms with Crippen LogP contribution >= 0.6 is 0 Å². The van der Waals surface area contributed by atoms with E-state index in [1.54, 1.807) is 0 Å². The number of carboxylic acids is 1. The van der Waals surface area contributed by atoms with E-state index < -0.39 is 5.97 Å². The van der Waals surface area contributed by atoms with Gasteiger partial charge in [0.25, 0.3) is 0 Å². The third-order valence-corrected chi connectivity index (χ3v) is 4.16. The van der Waals surface area contributed by atoms with E-state index in [9.17, 15) is 4.79 Å². The van der Waals surface area contributed by atoms with Crippen LogP contribution in [0.2, 0.25) is 0 Å². The summed E-state index contributed by atoms with van der Waals surface area (Å²) in [6, 6.07) is -0.200. The summed E-state index contributed by atoms with van der Waals surface area (Å²) >= 11 is 0. The van der Waals surface area contributed by atoms with Gasteiger partial charge in [0.15, 0.2) is 0 Å². The molecule has 0 aromatic heterocycles. The van der Waals surface area contributed by atoms with Crippen molar-refractivity contribution in [3.63, 3.8) is 0 Å². The Morgan fingerprint density at radius 3 is 2.44 bits per heavy atom. The van der Waals surface area contributed by atoms with E-state index in [1.807, 2.05) is 0 Å². The van der Waals surface area contributed by atoms with Gasteiger partial charge < -0.3 is 10.8 Å². The third kappa shape index (κ3) is 4.12. The minimum absolute atomic E-state index is 0.0934. The van der Waals surface area contributed by atoms with Crippen LogP contribution in [-0.4, -0.2) is 17.1 Å². The van der Waals surface area contributed by atoms with Gasteiger partial charge >= 0.3 is 5.97 Å². The number of nitrogens with two attached hydrogens (primary N) is 1. The fourth-order valence-corrected chi connectivity index (χ4v) is 2.80. The summed E-state index contributed by atoms with van der Waals surface area (Å²) in [4.78, 5) is 10.6. The molecule has 0 radical (unpaired) electrons. The molecule has 1 aliphatic carbocycles. The van der Waals surface area contributed by atoms with Crippen LogP contribution in [-0.2, 0) is 4.79 Å². The van der Waals surface area contributed by atoms with Crippen LogP contribution in [0.4, 0.5) is 0 Å². The molecule has 0 aromatic carbocycles. The van der Waals surface area contributed by atoms with E-state index in [2.05, 4.69) is 13.8 Å². The zero-order valence-electron chi connectivity index (χ0n) is 10.5. The molecule has 1 fully saturated rings. The SMILES string of the molecule is CC(CC1CCCC1)C(C)C(N)CC(=O)O. The Hall–Kier alpha value is -0.570. The highest BCUT2D eigenvalue weighted by Crippen LogP contribution is 2.33. The summed E-state index contributed by atoms with van der Waals surface area (Å²) in [5, 5.41) is 8.72. The maximum Gasteiger partial charge on any atom is 0.304 e. The highest BCUT2D eigenvalue weighted by molar-refractivity contribution is 5.67. The molecule has 16 heavy (non-hydrogen) atoms. The van der Waals surface area contributed by atoms with E-state index in [0.717, 1.165) is 5.92 Å². The lowest BCUT2D eigenvalue weighted by Gasteiger charge is -2.27. The third-order valence-electron chi connectivity index (χ3n) is 4.16. The Bertz CT molecular complexity index is 224. The first kappa shape index (κ1) is 13.5. The quantitative estimate of drug-likeness (QED) is 0.733. The maximum atomic E-state index is 10.6. The van der Waals surface area contributed by atoms with Crippen molar-refractivity contribution in [3.8, 4) is 0 Å². The first-order chi connectivity index (χ1) is 7.50. The normalized spacial score (nSPS) is 22.9. The number of hydrogen-bond donors (Lipinski definition) is 2. The molecule has 1 rings (SSSR count). The highest BCUT2D eigenvalue weighted by Gasteiger charge is 2.25. The van der Waals surface area contributed by atoms with Crippen molar-refractivity contribution in [2.24, 2.45) is 23.5 Å². The van der Waals surface area contributed by atoms with Gasteiger partial charge in [0, 0.05) is 6.04 Å². The van der Waals surface area contributed by atoms with E-state index in [1.165, 1.54) is 32.1 Å². The van der Waals surface area contributed by atoms with Gasteiger partial charge in [0.2, 0.25) is 0 Å². The smallest absolute Gasteiger partial charge is 0.304 e. The van der Waals surface area contributed by atoms with Gasteiger partial charge in [-0.15, -0.1) is 0 Å². The Balaban J connectivity index is 2.33. The number of carbonyl (C=O) groups is 1. The minimum Gasteiger partial charge on any atom is -0.481 e. The van der Waals surface area contributed by atoms with Gasteiger partial charge in [-0.2, -0.15) is 0 Å². The van der Waals surface area contributed by atoms with Crippen LogP contribution in [0.3, 0.4) is 0 Å². The number of hydrogen-bond acceptors (Lipinski definition) is 2. The lowest BCUT2D eigenvalue weighted by atomic mass is 9.81. The van der Waals surface area contributed by atoms with Gasteiger partial charge in [0.05, 0.1) is 6.42 Å². The lowest BCUT2D eigenvalue weighted by Crippen LogP contribution is -2.35. The molecule has 0 heterocycles. The zero-order chi connectivity index (χ0) is 12.1. The Morgan fingerprint density at radius 2 is 1.94 bits per heavy atom. The Labute approximate surface area is 98.4 Å². The topological polar surface area (TPSA) is 63.3 Å². The van der Waals surface area contributed by atoms with Gasteiger partial charge in [0.1, 0.15) is 0 Å². The van der Waals surface area contributed by atoms with E-state index in [-0.39, 0.29) is 12.5 Å². The summed E-state index contributed by atoms with van der Waals surface area (Å²) in [5.74, 6) is 0.913. The number of aliphatic carboxylic acids is 1. The zero-order valence-corrected chi connectivity index (χ0v) is 10.5. The average molecular weight is 227 g/mol. The first-order valence-corrected chi connectivity index (χ1v) is 6.48. The standard InChI is InChI=1S/C13H25NO2/c1-9(7-11-5-3-4-6-11)10(2)12(14)8-13(15)16/h9-12H,3-8,14H2,1-2H3,(H,15,16). The molecule has 1 saturated carbocycles. The van der Waals surface area contributed by atoms with Crippen LogP contribution in [0.5, 0.6) is 0 Å². The van der Waals surface area contributed by atoms with Crippen molar-refractivity contribution in [2.75, 3.05) is 0 Å². The molecule has 0 bridgehead atoms. The summed E-state index contributed by atoms with van der Waals surface area (Å²) in [6.07, 6.45) is 6.75. The van der Waals surface area contributed by atoms with Gasteiger partial charge in [-0.1, -0.05) is 39.5 Å². The van der Waals surface area contributed by atoms with Crippen LogP contribution in [0, 0.1) is 17.8 Å². The predicted molar refractivity (Wildman–Crippen MR) is 65.1 cm³/mol. The summed E-state index contributed by atoms with van der Waals surface area (Å²) in [5.41, 5.74) is 5.91. The summed E-state index contributed by atoms with van der Waals surface area (Å²) in [7, 11) is 0. The average Bonchev–Trinajstić information content (AvgIpc) is 2.68. The Kier molecular flexibility index (Phi) is 5.26. The second kappa shape index (κ2) is 6.24. The molecule has 3 unspecified atom stereocenters. The van der Waals surface area contributed by atoms with Crippen molar-refractivity contribution in [1.29, 1.82) is 0 Å². The van der Waals surface area contributed by atoms with Gasteiger partial charge in [-0.05, 0) is 24.2 Å². The number of rotatable bonds is 6. The molecule has 0 amide bonds. The molecule has 1 aliphatic rings. The fourth-order valence-electron chi connectivity index (χ4n) is 2.80. The molecule has 3 atom stereocenters. The van der Waals surface area contributed by atoms with Crippen molar-refractivity contribution >= 4 is 5.97 Å². The van der Waals surface area contributed by atoms with Gasteiger partial charge in [-0.3, -0.25) is 4.79 Å². The molecule has 0 aliphatic heterocycles. The van der Waals surface area contributed by atoms with E-state index >= 15 is 0 Å². The predicted octanol–water partition coefficient (Wildman–Crippen LogP) is 2.64. The fraction of sp³-hybridized carbons (Fsp3) is 0.923. The van der Waals surface area contributed by atoms with Crippen LogP contribution < -0.4 is 5.73 Å². The molecule has 0 aromatic rings. The molecule has 0 saturated heterocycles. The summed E-state index contributed by atoms with van der Waals surface area (Å²) in [6.45, 7) is 4.30. The van der Waals surface area contributed by atoms with Crippen LogP contribution in [0.25, 0.3) is 0 Å². The second-order valence-electron chi connectivity index (χ2n) is 5.48. The molecular weight excluding hydrogens is 202 g/mol. The highest BCUT2D eigenvalue weighted by atomic mass is 16.4. The van der Waals surface area contributed by atoms with Crippen molar-refractivity contribution < 1.29 is 9.90 Å². The number of carboxylic acid groups (broad SMARTS) is 1. The van der Waals surface area contributed by atoms with Crippen molar-refractivity contribution in [3.05, 3.63) is 0 Å². The minimum atomic E-state index is -0.785. The molecular formula is C13H25NO2. The van der Waals surface area contributed by atoms with Crippen LogP contribution in [0.15, 0.2) is 0 Å². The van der Waals surface area contributed by atoms with Crippen molar-refractivity contribution in [1.82, 2.24) is 0 Å². The summed E-state index contributed by atoms with van der Waals surface area (Å²) < 4.78 is 0.